The van der Waals surface area contributed by atoms with E-state index in [-0.39, 0.29) is 17.7 Å². The van der Waals surface area contributed by atoms with Crippen LogP contribution in [0.15, 0.2) is 71.8 Å². The van der Waals surface area contributed by atoms with Gasteiger partial charge in [0.05, 0.1) is 18.9 Å². The minimum atomic E-state index is -0.331. The van der Waals surface area contributed by atoms with E-state index in [1.165, 1.54) is 5.56 Å². The molecule has 5 rings (SSSR count). The van der Waals surface area contributed by atoms with E-state index < -0.39 is 0 Å². The van der Waals surface area contributed by atoms with Crippen LogP contribution in [0.25, 0.3) is 0 Å². The van der Waals surface area contributed by atoms with E-state index in [0.29, 0.717) is 0 Å². The molecular weight excluding hydrogens is 420 g/mol. The van der Waals surface area contributed by atoms with E-state index in [4.69, 9.17) is 26.2 Å². The van der Waals surface area contributed by atoms with Gasteiger partial charge in [-0.05, 0) is 34.7 Å². The maximum Gasteiger partial charge on any atom is 0.214 e. The molecule has 2 atom stereocenters. The topological polar surface area (TPSA) is 34.1 Å². The summed E-state index contributed by atoms with van der Waals surface area (Å²) in [5.41, 5.74) is 5.66. The van der Waals surface area contributed by atoms with Crippen molar-refractivity contribution in [2.45, 2.75) is 44.9 Å². The lowest BCUT2D eigenvalue weighted by atomic mass is 9.86. The van der Waals surface area contributed by atoms with Gasteiger partial charge in [-0.1, -0.05) is 80.9 Å². The van der Waals surface area contributed by atoms with Crippen LogP contribution in [0.2, 0.25) is 5.02 Å². The summed E-state index contributed by atoms with van der Waals surface area (Å²) in [6, 6.07) is 22.7. The molecule has 4 nitrogen and oxygen atoms in total. The molecule has 164 valence electrons. The molecule has 0 fully saturated rings. The zero-order valence-corrected chi connectivity index (χ0v) is 19.6. The highest BCUT2D eigenvalue weighted by Crippen LogP contribution is 2.50. The minimum absolute atomic E-state index is 0.0758. The van der Waals surface area contributed by atoms with Gasteiger partial charge in [-0.3, -0.25) is 0 Å². The van der Waals surface area contributed by atoms with Gasteiger partial charge in [-0.2, -0.15) is 5.10 Å². The van der Waals surface area contributed by atoms with E-state index in [9.17, 15) is 0 Å². The highest BCUT2D eigenvalue weighted by molar-refractivity contribution is 6.30. The zero-order chi connectivity index (χ0) is 22.5. The fraction of sp³-hybridized carbons (Fsp3) is 0.296. The number of methoxy groups -OCH3 is 1. The summed E-state index contributed by atoms with van der Waals surface area (Å²) in [6.45, 7) is 6.66. The highest BCUT2D eigenvalue weighted by atomic mass is 35.5. The van der Waals surface area contributed by atoms with Crippen LogP contribution >= 0.6 is 11.6 Å². The van der Waals surface area contributed by atoms with Crippen molar-refractivity contribution >= 4 is 17.3 Å². The Labute approximate surface area is 194 Å². The lowest BCUT2D eigenvalue weighted by Crippen LogP contribution is -2.34. The van der Waals surface area contributed by atoms with Crippen molar-refractivity contribution < 1.29 is 9.47 Å². The Kier molecular flexibility index (Phi) is 5.13. The summed E-state index contributed by atoms with van der Waals surface area (Å²) in [7, 11) is 1.68. The quantitative estimate of drug-likeness (QED) is 0.439. The molecule has 0 aromatic heterocycles. The van der Waals surface area contributed by atoms with Gasteiger partial charge in [0.1, 0.15) is 0 Å². The number of hydrazone groups is 1. The standard InChI is InChI=1S/C27H27ClN2O2/c1-27(2,3)19-12-8-18(9-13-19)26-30-23(21-6-5-7-24(31-4)25(21)32-26)16-22(29-30)17-10-14-20(28)15-11-17/h5-15,23,26H,16H2,1-4H3/t23-,26+/m1/s1. The van der Waals surface area contributed by atoms with Crippen LogP contribution in [-0.4, -0.2) is 17.8 Å². The Bertz CT molecular complexity index is 1160. The van der Waals surface area contributed by atoms with Gasteiger partial charge in [-0.25, -0.2) is 5.01 Å². The monoisotopic (exact) mass is 446 g/mol. The number of benzene rings is 3. The average molecular weight is 447 g/mol. The van der Waals surface area contributed by atoms with Crippen LogP contribution in [-0.2, 0) is 5.41 Å². The second kappa shape index (κ2) is 7.86. The van der Waals surface area contributed by atoms with Gasteiger partial charge in [0.2, 0.25) is 6.23 Å². The molecule has 2 aliphatic rings. The summed E-state index contributed by atoms with van der Waals surface area (Å²) in [5, 5.41) is 7.85. The van der Waals surface area contributed by atoms with Crippen molar-refractivity contribution in [3.05, 3.63) is 94.0 Å². The van der Waals surface area contributed by atoms with E-state index in [2.05, 4.69) is 56.1 Å². The van der Waals surface area contributed by atoms with E-state index in [1.54, 1.807) is 7.11 Å². The SMILES string of the molecule is COc1cccc2c1O[C@@H](c1ccc(C(C)(C)C)cc1)N1N=C(c3ccc(Cl)cc3)C[C@H]21. The van der Waals surface area contributed by atoms with Gasteiger partial charge in [-0.15, -0.1) is 0 Å². The average Bonchev–Trinajstić information content (AvgIpc) is 3.24. The first-order valence-electron chi connectivity index (χ1n) is 10.9. The van der Waals surface area contributed by atoms with Crippen molar-refractivity contribution in [3.63, 3.8) is 0 Å². The second-order valence-corrected chi connectivity index (χ2v) is 9.81. The fourth-order valence-corrected chi connectivity index (χ4v) is 4.55. The number of nitrogens with zero attached hydrogens (tertiary/aromatic N) is 2. The van der Waals surface area contributed by atoms with Gasteiger partial charge in [0.25, 0.3) is 0 Å². The number of ether oxygens (including phenoxy) is 2. The van der Waals surface area contributed by atoms with Crippen LogP contribution in [0.1, 0.15) is 61.7 Å². The van der Waals surface area contributed by atoms with Gasteiger partial charge in [0.15, 0.2) is 11.5 Å². The molecule has 0 spiro atoms. The maximum atomic E-state index is 6.56. The Hall–Kier alpha value is -2.98. The molecule has 2 heterocycles. The summed E-state index contributed by atoms with van der Waals surface area (Å²) >= 11 is 6.10. The predicted octanol–water partition coefficient (Wildman–Crippen LogP) is 6.89. The van der Waals surface area contributed by atoms with E-state index in [0.717, 1.165) is 45.3 Å². The molecule has 2 aliphatic heterocycles. The first-order valence-corrected chi connectivity index (χ1v) is 11.3. The molecule has 0 bridgehead atoms. The number of hydrogen-bond acceptors (Lipinski definition) is 4. The summed E-state index contributed by atoms with van der Waals surface area (Å²) in [6.07, 6.45) is 0.462. The number of halogens is 1. The van der Waals surface area contributed by atoms with Crippen LogP contribution in [0, 0.1) is 0 Å². The van der Waals surface area contributed by atoms with Crippen LogP contribution in [0.3, 0.4) is 0 Å². The van der Waals surface area contributed by atoms with Gasteiger partial charge in [0, 0.05) is 22.6 Å². The zero-order valence-electron chi connectivity index (χ0n) is 18.8. The molecule has 3 aromatic carbocycles. The van der Waals surface area contributed by atoms with E-state index in [1.807, 2.05) is 36.4 Å². The number of rotatable bonds is 3. The van der Waals surface area contributed by atoms with Crippen molar-refractivity contribution in [2.75, 3.05) is 7.11 Å². The third-order valence-electron chi connectivity index (χ3n) is 6.24. The predicted molar refractivity (Wildman–Crippen MR) is 129 cm³/mol. The van der Waals surface area contributed by atoms with Gasteiger partial charge < -0.3 is 9.47 Å². The number of para-hydroxylation sites is 1. The molecular formula is C27H27ClN2O2. The summed E-state index contributed by atoms with van der Waals surface area (Å²) in [4.78, 5) is 0. The number of hydrogen-bond donors (Lipinski definition) is 0. The maximum absolute atomic E-state index is 6.56. The molecule has 5 heteroatoms. The van der Waals surface area contributed by atoms with Crippen LogP contribution in [0.5, 0.6) is 11.5 Å². The Morgan fingerprint density at radius 3 is 2.38 bits per heavy atom. The van der Waals surface area contributed by atoms with Crippen molar-refractivity contribution in [2.24, 2.45) is 5.10 Å². The van der Waals surface area contributed by atoms with Gasteiger partial charge >= 0.3 is 0 Å². The Morgan fingerprint density at radius 2 is 1.72 bits per heavy atom. The van der Waals surface area contributed by atoms with Crippen molar-refractivity contribution in [1.29, 1.82) is 0 Å². The second-order valence-electron chi connectivity index (χ2n) is 9.37. The minimum Gasteiger partial charge on any atom is -0.493 e. The fourth-order valence-electron chi connectivity index (χ4n) is 4.43. The molecule has 0 radical (unpaired) electrons. The molecule has 3 aromatic rings. The molecule has 0 N–H and O–H groups in total. The van der Waals surface area contributed by atoms with Crippen molar-refractivity contribution in [1.82, 2.24) is 5.01 Å². The van der Waals surface area contributed by atoms with Crippen LogP contribution in [0.4, 0.5) is 0 Å². The molecule has 0 saturated heterocycles. The lowest BCUT2D eigenvalue weighted by Gasteiger charge is -2.38. The number of fused-ring (bicyclic) bond motifs is 3. The normalized spacial score (nSPS) is 19.7. The molecule has 0 unspecified atom stereocenters. The van der Waals surface area contributed by atoms with Crippen LogP contribution < -0.4 is 9.47 Å². The Morgan fingerprint density at radius 1 is 1.00 bits per heavy atom. The van der Waals surface area contributed by atoms with E-state index >= 15 is 0 Å². The first-order chi connectivity index (χ1) is 15.3. The molecule has 0 amide bonds. The first kappa shape index (κ1) is 20.9. The Balaban J connectivity index is 1.58. The molecule has 0 saturated carbocycles. The molecule has 0 aliphatic carbocycles. The summed E-state index contributed by atoms with van der Waals surface area (Å²) < 4.78 is 12.2. The largest absolute Gasteiger partial charge is 0.493 e. The third kappa shape index (κ3) is 3.63. The smallest absolute Gasteiger partial charge is 0.214 e. The summed E-state index contributed by atoms with van der Waals surface area (Å²) in [5.74, 6) is 1.55. The lowest BCUT2D eigenvalue weighted by molar-refractivity contribution is -0.0209. The highest BCUT2D eigenvalue weighted by Gasteiger charge is 2.42. The molecule has 32 heavy (non-hydrogen) atoms. The van der Waals surface area contributed by atoms with Crippen molar-refractivity contribution in [3.8, 4) is 11.5 Å². The third-order valence-corrected chi connectivity index (χ3v) is 6.49.